The van der Waals surface area contributed by atoms with E-state index in [4.69, 9.17) is 20.4 Å². The lowest BCUT2D eigenvalue weighted by atomic mass is 9.95. The van der Waals surface area contributed by atoms with E-state index in [1.165, 1.54) is 14.2 Å². The van der Waals surface area contributed by atoms with Crippen LogP contribution in [0.5, 0.6) is 11.5 Å². The number of hydrogen-bond donors (Lipinski definition) is 2. The Labute approximate surface area is 321 Å². The maximum Gasteiger partial charge on any atom is 0.265 e. The Hall–Kier alpha value is -5.83. The number of piperazine rings is 1. The highest BCUT2D eigenvalue weighted by atomic mass is 19.1. The zero-order valence-corrected chi connectivity index (χ0v) is 29.2. The first-order valence-corrected chi connectivity index (χ1v) is 17.3. The topological polar surface area (TPSA) is 157 Å². The number of benzene rings is 3. The summed E-state index contributed by atoms with van der Waals surface area (Å²) in [6, 6.07) is 10.4. The van der Waals surface area contributed by atoms with Crippen LogP contribution >= 0.6 is 0 Å². The molecule has 5 heterocycles. The first-order chi connectivity index (χ1) is 29.1. The Morgan fingerprint density at radius 2 is 1.61 bits per heavy atom. The van der Waals surface area contributed by atoms with Gasteiger partial charge in [0, 0.05) is 86.6 Å². The van der Waals surface area contributed by atoms with E-state index in [0.717, 1.165) is 11.8 Å². The molecule has 3 aromatic carbocycles. The molecule has 1 aromatic heterocycles. The Bertz CT molecular complexity index is 2580. The number of carbonyl (C=O) groups excluding carboxylic acids is 4. The van der Waals surface area contributed by atoms with Crippen LogP contribution in [0.15, 0.2) is 53.3 Å². The second-order valence-corrected chi connectivity index (χ2v) is 13.3. The van der Waals surface area contributed by atoms with E-state index in [1.54, 1.807) is 24.3 Å². The zero-order chi connectivity index (χ0) is 44.8. The Morgan fingerprint density at radius 3 is 2.30 bits per heavy atom. The van der Waals surface area contributed by atoms with Crippen molar-refractivity contribution >= 4 is 45.9 Å². The van der Waals surface area contributed by atoms with E-state index in [2.05, 4.69) is 14.9 Å². The zero-order valence-electron chi connectivity index (χ0n) is 37.2. The van der Waals surface area contributed by atoms with Gasteiger partial charge in [-0.15, -0.1) is 0 Å². The van der Waals surface area contributed by atoms with Gasteiger partial charge in [0.2, 0.25) is 11.8 Å². The second-order valence-electron chi connectivity index (χ2n) is 13.3. The van der Waals surface area contributed by atoms with Gasteiger partial charge in [-0.3, -0.25) is 39.1 Å². The molecule has 1 unspecified atom stereocenters. The third-order valence-corrected chi connectivity index (χ3v) is 10.1. The second kappa shape index (κ2) is 14.2. The first kappa shape index (κ1) is 26.9. The van der Waals surface area contributed by atoms with E-state index < -0.39 is 89.8 Å². The molecule has 3 saturated heterocycles. The van der Waals surface area contributed by atoms with Crippen LogP contribution in [0.3, 0.4) is 0 Å². The van der Waals surface area contributed by atoms with Gasteiger partial charge in [-0.25, -0.2) is 9.37 Å². The van der Waals surface area contributed by atoms with Gasteiger partial charge in [-0.2, -0.15) is 0 Å². The molecule has 4 aliphatic rings. The number of imide groups is 2. The third kappa shape index (κ3) is 6.42. The molecule has 0 radical (unpaired) electrons. The van der Waals surface area contributed by atoms with Gasteiger partial charge in [0.25, 0.3) is 17.4 Å². The number of fused-ring (bicyclic) bond motifs is 2. The van der Waals surface area contributed by atoms with Crippen molar-refractivity contribution in [2.75, 3.05) is 69.6 Å². The van der Waals surface area contributed by atoms with Gasteiger partial charge in [-0.1, -0.05) is 0 Å². The number of nitrogens with zero attached hydrogens (tertiary/aromatic N) is 5. The van der Waals surface area contributed by atoms with Crippen LogP contribution in [0, 0.1) is 11.7 Å². The number of aromatic amines is 1. The van der Waals surface area contributed by atoms with Crippen molar-refractivity contribution in [3.05, 3.63) is 75.8 Å². The average Bonchev–Trinajstić information content (AvgIpc) is 3.47. The molecule has 4 amide bonds. The van der Waals surface area contributed by atoms with Gasteiger partial charge in [0.15, 0.2) is 0 Å². The number of carbonyl (C=O) groups is 4. The van der Waals surface area contributed by atoms with Crippen molar-refractivity contribution < 1.29 is 44.0 Å². The van der Waals surface area contributed by atoms with Crippen LogP contribution in [0.25, 0.3) is 22.3 Å². The molecule has 280 valence electrons. The van der Waals surface area contributed by atoms with Crippen LogP contribution in [-0.2, 0) is 9.59 Å². The molecular formula is C39H40FN7O7. The number of nitrogens with one attached hydrogen (secondary N) is 2. The molecular weight excluding hydrogens is 697 g/mol. The van der Waals surface area contributed by atoms with Crippen molar-refractivity contribution in [3.63, 3.8) is 0 Å². The van der Waals surface area contributed by atoms with E-state index in [-0.39, 0.29) is 29.7 Å². The minimum atomic E-state index is -3.40. The summed E-state index contributed by atoms with van der Waals surface area (Å²) in [5.74, 6) is -4.65. The van der Waals surface area contributed by atoms with Crippen molar-refractivity contribution in [3.8, 4) is 22.9 Å². The highest BCUT2D eigenvalue weighted by molar-refractivity contribution is 6.24. The quantitative estimate of drug-likeness (QED) is 0.256. The summed E-state index contributed by atoms with van der Waals surface area (Å²) in [4.78, 5) is 74.7. The van der Waals surface area contributed by atoms with Gasteiger partial charge >= 0.3 is 0 Å². The maximum atomic E-state index is 15.8. The van der Waals surface area contributed by atoms with Crippen LogP contribution in [-0.4, -0.2) is 109 Å². The fourth-order valence-electron chi connectivity index (χ4n) is 7.25. The standard InChI is InChI=1S/C39H40FN7O7/c1-53-26-19-29-34(31(20-26)54-2)37(50)43-35(41-29)23-3-5-24(6-4-23)45-11-9-22(10-12-45)21-44-13-15-46(16-14-44)25-17-27-33(28(40)18-25)39(52)47(38(27)51)30-7-8-32(48)42-36(30)49/h3-6,17-20,22,30H,7-16,21H2,1-2H3,(H,41,43,50)(H,42,48,49)/i13D2,14D2,15D2,16D2. The van der Waals surface area contributed by atoms with E-state index in [1.807, 2.05) is 17.4 Å². The van der Waals surface area contributed by atoms with Crippen molar-refractivity contribution in [1.82, 2.24) is 25.1 Å². The molecule has 15 heteroatoms. The normalized spacial score (nSPS) is 25.7. The van der Waals surface area contributed by atoms with Crippen molar-refractivity contribution in [1.29, 1.82) is 0 Å². The monoisotopic (exact) mass is 745 g/mol. The summed E-state index contributed by atoms with van der Waals surface area (Å²) in [5, 5.41) is 2.30. The number of H-pyrrole nitrogens is 1. The molecule has 4 aromatic rings. The van der Waals surface area contributed by atoms with Crippen molar-refractivity contribution in [2.24, 2.45) is 5.92 Å². The lowest BCUT2D eigenvalue weighted by Gasteiger charge is -2.40. The van der Waals surface area contributed by atoms with Crippen molar-refractivity contribution in [2.45, 2.75) is 31.7 Å². The minimum absolute atomic E-state index is 0.120. The molecule has 0 spiro atoms. The molecule has 3 fully saturated rings. The fourth-order valence-corrected chi connectivity index (χ4v) is 7.25. The predicted molar refractivity (Wildman–Crippen MR) is 198 cm³/mol. The summed E-state index contributed by atoms with van der Waals surface area (Å²) in [7, 11) is 2.94. The Balaban J connectivity index is 0.990. The number of piperidine rings is 2. The molecule has 14 nitrogen and oxygen atoms in total. The highest BCUT2D eigenvalue weighted by Crippen LogP contribution is 2.34. The first-order valence-electron chi connectivity index (χ1n) is 21.3. The smallest absolute Gasteiger partial charge is 0.265 e. The number of methoxy groups -OCH3 is 2. The molecule has 54 heavy (non-hydrogen) atoms. The summed E-state index contributed by atoms with van der Waals surface area (Å²) in [5.41, 5.74) is -0.739. The minimum Gasteiger partial charge on any atom is -0.497 e. The molecule has 0 aliphatic carbocycles. The Kier molecular flexibility index (Phi) is 7.06. The fraction of sp³-hybridized carbons (Fsp3) is 0.385. The summed E-state index contributed by atoms with van der Waals surface area (Å²) >= 11 is 0. The molecule has 0 saturated carbocycles. The largest absolute Gasteiger partial charge is 0.497 e. The maximum absolute atomic E-state index is 15.8. The molecule has 1 atom stereocenters. The van der Waals surface area contributed by atoms with Crippen LogP contribution < -0.4 is 30.1 Å². The van der Waals surface area contributed by atoms with Gasteiger partial charge in [0.05, 0.1) is 36.3 Å². The van der Waals surface area contributed by atoms with Crippen LogP contribution in [0.4, 0.5) is 15.8 Å². The summed E-state index contributed by atoms with van der Waals surface area (Å²) in [6.07, 6.45) is 0.370. The van der Waals surface area contributed by atoms with Gasteiger partial charge in [-0.05, 0) is 61.6 Å². The van der Waals surface area contributed by atoms with E-state index in [9.17, 15) is 24.0 Å². The number of amides is 4. The molecule has 2 N–H and O–H groups in total. The number of anilines is 2. The average molecular weight is 746 g/mol. The number of rotatable bonds is 8. The number of halogens is 1. The van der Waals surface area contributed by atoms with Crippen LogP contribution in [0.2, 0.25) is 0 Å². The summed E-state index contributed by atoms with van der Waals surface area (Å²) < 4.78 is 98.4. The number of ether oxygens (including phenoxy) is 2. The van der Waals surface area contributed by atoms with E-state index in [0.29, 0.717) is 70.2 Å². The number of aromatic nitrogens is 2. The predicted octanol–water partition coefficient (Wildman–Crippen LogP) is 3.19. The lowest BCUT2D eigenvalue weighted by molar-refractivity contribution is -0.136. The lowest BCUT2D eigenvalue weighted by Crippen LogP contribution is -2.54. The molecule has 4 aliphatic heterocycles. The number of hydrogen-bond acceptors (Lipinski definition) is 11. The van der Waals surface area contributed by atoms with Crippen LogP contribution in [0.1, 0.15) is 57.4 Å². The van der Waals surface area contributed by atoms with Gasteiger partial charge in [0.1, 0.15) is 34.6 Å². The third-order valence-electron chi connectivity index (χ3n) is 10.1. The molecule has 8 rings (SSSR count). The SMILES string of the molecule is [2H]C1([2H])N(CC2CCN(c3ccc(-c4nc5cc(OC)cc(OC)c5c(=O)[nH]4)cc3)CC2)C([2H])([2H])C([2H])([2H])N(c2cc(F)c3c(c2)C(=O)N(C2CCC(=O)NC2=O)C3=O)C1([2H])[2H]. The molecule has 0 bridgehead atoms. The highest BCUT2D eigenvalue weighted by Gasteiger charge is 2.46. The van der Waals surface area contributed by atoms with E-state index >= 15 is 4.39 Å². The van der Waals surface area contributed by atoms with Gasteiger partial charge < -0.3 is 24.3 Å². The summed E-state index contributed by atoms with van der Waals surface area (Å²) in [6.45, 7) is -12.8. The Morgan fingerprint density at radius 1 is 0.870 bits per heavy atom.